The van der Waals surface area contributed by atoms with Crippen molar-refractivity contribution >= 4 is 27.8 Å². The zero-order valence-corrected chi connectivity index (χ0v) is 12.2. The Bertz CT molecular complexity index is 859. The number of benzene rings is 2. The van der Waals surface area contributed by atoms with Gasteiger partial charge in [0.05, 0.1) is 5.56 Å². The lowest BCUT2D eigenvalue weighted by Gasteiger charge is -2.25. The van der Waals surface area contributed by atoms with Crippen molar-refractivity contribution < 1.29 is 14.6 Å². The summed E-state index contributed by atoms with van der Waals surface area (Å²) in [5, 5.41) is 11.4. The molecule has 0 spiro atoms. The summed E-state index contributed by atoms with van der Waals surface area (Å²) in [6.07, 6.45) is 1.99. The normalized spacial score (nSPS) is 16.4. The van der Waals surface area contributed by atoms with Gasteiger partial charge in [-0.15, -0.1) is 0 Å². The van der Waals surface area contributed by atoms with Crippen LogP contribution in [-0.2, 0) is 4.74 Å². The Hall–Kier alpha value is -2.33. The number of rotatable bonds is 2. The first kappa shape index (κ1) is 13.3. The second-order valence-corrected chi connectivity index (χ2v) is 5.77. The van der Waals surface area contributed by atoms with Crippen molar-refractivity contribution in [2.45, 2.75) is 18.9 Å². The molecule has 1 aliphatic heterocycles. The second kappa shape index (κ2) is 5.14. The molecule has 22 heavy (non-hydrogen) atoms. The van der Waals surface area contributed by atoms with Gasteiger partial charge in [-0.2, -0.15) is 0 Å². The lowest BCUT2D eigenvalue weighted by molar-refractivity contribution is 0.0697. The number of aromatic carboxylic acids is 1. The van der Waals surface area contributed by atoms with E-state index < -0.39 is 5.97 Å². The number of hydrogen-bond acceptors (Lipinski definition) is 2. The van der Waals surface area contributed by atoms with Crippen molar-refractivity contribution in [3.63, 3.8) is 0 Å². The number of para-hydroxylation sites is 1. The minimum Gasteiger partial charge on any atom is -0.478 e. The van der Waals surface area contributed by atoms with Crippen molar-refractivity contribution in [2.24, 2.45) is 0 Å². The molecule has 0 unspecified atom stereocenters. The molecule has 1 aromatic heterocycles. The fourth-order valence-electron chi connectivity index (χ4n) is 3.47. The summed E-state index contributed by atoms with van der Waals surface area (Å²) < 4.78 is 7.84. The first-order valence-corrected chi connectivity index (χ1v) is 7.59. The molecule has 112 valence electrons. The number of carbonyl (C=O) groups is 1. The van der Waals surface area contributed by atoms with E-state index in [2.05, 4.69) is 16.7 Å². The molecule has 1 saturated heterocycles. The van der Waals surface area contributed by atoms with E-state index in [1.807, 2.05) is 18.2 Å². The van der Waals surface area contributed by atoms with Crippen LogP contribution in [0.15, 0.2) is 42.5 Å². The maximum Gasteiger partial charge on any atom is 0.335 e. The molecule has 0 bridgehead atoms. The average Bonchev–Trinajstić information content (AvgIpc) is 2.89. The Morgan fingerprint density at radius 1 is 1.05 bits per heavy atom. The van der Waals surface area contributed by atoms with E-state index in [0.717, 1.165) is 42.3 Å². The Kier molecular flexibility index (Phi) is 3.12. The molecule has 2 heterocycles. The van der Waals surface area contributed by atoms with Crippen molar-refractivity contribution in [3.05, 3.63) is 48.0 Å². The van der Waals surface area contributed by atoms with Crippen LogP contribution in [0.25, 0.3) is 21.8 Å². The highest BCUT2D eigenvalue weighted by Crippen LogP contribution is 2.35. The smallest absolute Gasteiger partial charge is 0.335 e. The van der Waals surface area contributed by atoms with Gasteiger partial charge in [-0.05, 0) is 37.1 Å². The summed E-state index contributed by atoms with van der Waals surface area (Å²) in [4.78, 5) is 11.3. The molecule has 4 rings (SSSR count). The first-order valence-electron chi connectivity index (χ1n) is 7.59. The summed E-state index contributed by atoms with van der Waals surface area (Å²) in [5.41, 5.74) is 2.62. The third kappa shape index (κ3) is 1.99. The molecule has 0 saturated carbocycles. The van der Waals surface area contributed by atoms with Crippen LogP contribution in [0.3, 0.4) is 0 Å². The van der Waals surface area contributed by atoms with Gasteiger partial charge in [0.15, 0.2) is 0 Å². The van der Waals surface area contributed by atoms with Gasteiger partial charge < -0.3 is 14.4 Å². The van der Waals surface area contributed by atoms with Gasteiger partial charge in [-0.25, -0.2) is 4.79 Å². The second-order valence-electron chi connectivity index (χ2n) is 5.77. The van der Waals surface area contributed by atoms with E-state index in [1.54, 1.807) is 12.1 Å². The van der Waals surface area contributed by atoms with Crippen molar-refractivity contribution in [1.82, 2.24) is 4.57 Å². The highest BCUT2D eigenvalue weighted by Gasteiger charge is 2.21. The molecule has 2 aromatic carbocycles. The quantitative estimate of drug-likeness (QED) is 0.781. The molecule has 3 aromatic rings. The fourth-order valence-corrected chi connectivity index (χ4v) is 3.47. The van der Waals surface area contributed by atoms with Crippen LogP contribution in [0.1, 0.15) is 29.2 Å². The van der Waals surface area contributed by atoms with Crippen LogP contribution in [0, 0.1) is 0 Å². The number of ether oxygens (including phenoxy) is 1. The van der Waals surface area contributed by atoms with E-state index in [0.29, 0.717) is 11.6 Å². The molecule has 1 fully saturated rings. The predicted octanol–water partition coefficient (Wildman–Crippen LogP) is 3.84. The molecule has 4 nitrogen and oxygen atoms in total. The Balaban J connectivity index is 2.02. The van der Waals surface area contributed by atoms with Crippen LogP contribution >= 0.6 is 0 Å². The molecule has 0 radical (unpaired) electrons. The van der Waals surface area contributed by atoms with E-state index in [9.17, 15) is 9.90 Å². The molecule has 1 N–H and O–H groups in total. The van der Waals surface area contributed by atoms with Gasteiger partial charge in [0.1, 0.15) is 0 Å². The molecule has 0 amide bonds. The van der Waals surface area contributed by atoms with Crippen LogP contribution in [0.4, 0.5) is 0 Å². The predicted molar refractivity (Wildman–Crippen MR) is 85.5 cm³/mol. The number of nitrogens with zero attached hydrogens (tertiary/aromatic N) is 1. The molecule has 0 aliphatic carbocycles. The minimum absolute atomic E-state index is 0.336. The number of carboxylic acid groups (broad SMARTS) is 1. The van der Waals surface area contributed by atoms with Gasteiger partial charge in [0.2, 0.25) is 0 Å². The van der Waals surface area contributed by atoms with Crippen molar-refractivity contribution in [2.75, 3.05) is 13.2 Å². The highest BCUT2D eigenvalue weighted by atomic mass is 16.5. The van der Waals surface area contributed by atoms with E-state index >= 15 is 0 Å². The van der Waals surface area contributed by atoms with Crippen LogP contribution in [0.2, 0.25) is 0 Å². The maximum atomic E-state index is 11.3. The lowest BCUT2D eigenvalue weighted by Crippen LogP contribution is -2.19. The van der Waals surface area contributed by atoms with Crippen molar-refractivity contribution in [3.8, 4) is 0 Å². The average molecular weight is 295 g/mol. The third-order valence-corrected chi connectivity index (χ3v) is 4.51. The zero-order chi connectivity index (χ0) is 15.1. The van der Waals surface area contributed by atoms with Gasteiger partial charge in [-0.1, -0.05) is 18.2 Å². The third-order valence-electron chi connectivity index (χ3n) is 4.51. The van der Waals surface area contributed by atoms with Crippen LogP contribution < -0.4 is 0 Å². The molecular formula is C18H17NO3. The first-order chi connectivity index (χ1) is 10.8. The zero-order valence-electron chi connectivity index (χ0n) is 12.2. The van der Waals surface area contributed by atoms with Gasteiger partial charge in [0, 0.05) is 41.1 Å². The summed E-state index contributed by atoms with van der Waals surface area (Å²) >= 11 is 0. The number of fused-ring (bicyclic) bond motifs is 3. The monoisotopic (exact) mass is 295 g/mol. The molecular weight excluding hydrogens is 278 g/mol. The Labute approximate surface area is 127 Å². The van der Waals surface area contributed by atoms with E-state index in [4.69, 9.17) is 4.74 Å². The maximum absolute atomic E-state index is 11.3. The SMILES string of the molecule is O=C(O)c1ccc2c(c1)c1ccccc1n2C1CCOCC1. The van der Waals surface area contributed by atoms with Crippen molar-refractivity contribution in [1.29, 1.82) is 0 Å². The van der Waals surface area contributed by atoms with Gasteiger partial charge >= 0.3 is 5.97 Å². The Morgan fingerprint density at radius 2 is 1.77 bits per heavy atom. The summed E-state index contributed by atoms with van der Waals surface area (Å²) in [7, 11) is 0. The molecule has 4 heteroatoms. The van der Waals surface area contributed by atoms with Crippen LogP contribution in [0.5, 0.6) is 0 Å². The lowest BCUT2D eigenvalue weighted by atomic mass is 10.1. The summed E-state index contributed by atoms with van der Waals surface area (Å²) in [5.74, 6) is -0.884. The summed E-state index contributed by atoms with van der Waals surface area (Å²) in [6, 6.07) is 14.1. The minimum atomic E-state index is -0.884. The summed E-state index contributed by atoms with van der Waals surface area (Å²) in [6.45, 7) is 1.57. The number of carboxylic acids is 1. The molecule has 0 atom stereocenters. The van der Waals surface area contributed by atoms with E-state index in [1.165, 1.54) is 5.52 Å². The largest absolute Gasteiger partial charge is 0.478 e. The fraction of sp³-hybridized carbons (Fsp3) is 0.278. The number of aromatic nitrogens is 1. The van der Waals surface area contributed by atoms with E-state index in [-0.39, 0.29) is 0 Å². The van der Waals surface area contributed by atoms with Crippen LogP contribution in [-0.4, -0.2) is 28.9 Å². The standard InChI is InChI=1S/C18H17NO3/c20-18(21)12-5-6-17-15(11-12)14-3-1-2-4-16(14)19(17)13-7-9-22-10-8-13/h1-6,11,13H,7-10H2,(H,20,21). The van der Waals surface area contributed by atoms with Gasteiger partial charge in [0.25, 0.3) is 0 Å². The highest BCUT2D eigenvalue weighted by molar-refractivity contribution is 6.10. The topological polar surface area (TPSA) is 51.5 Å². The number of hydrogen-bond donors (Lipinski definition) is 1. The Morgan fingerprint density at radius 3 is 2.55 bits per heavy atom. The molecule has 1 aliphatic rings. The van der Waals surface area contributed by atoms with Gasteiger partial charge in [-0.3, -0.25) is 0 Å².